The van der Waals surface area contributed by atoms with Crippen molar-refractivity contribution in [2.24, 2.45) is 0 Å². The van der Waals surface area contributed by atoms with Crippen molar-refractivity contribution in [2.45, 2.75) is 39.7 Å². The number of carbonyl (C=O) groups excluding carboxylic acids is 1. The highest BCUT2D eigenvalue weighted by Crippen LogP contribution is 2.18. The second-order valence-electron chi connectivity index (χ2n) is 6.59. The first-order valence-corrected chi connectivity index (χ1v) is 9.43. The standard InChI is InChI=1S/C19H24N6OS/c1-13-5-7-15(8-6-13)18-23-24-19(27)25(18)11-9-17(26)20-10-3-4-16-12-21-22-14(16)2/h5-8,12H,3-4,9-11H2,1-2H3,(H,20,26)(H,21,22)(H,24,27). The quantitative estimate of drug-likeness (QED) is 0.411. The van der Waals surface area contributed by atoms with Crippen LogP contribution in [0, 0.1) is 18.6 Å². The van der Waals surface area contributed by atoms with Gasteiger partial charge in [-0.15, -0.1) is 0 Å². The normalized spacial score (nSPS) is 10.9. The van der Waals surface area contributed by atoms with Crippen molar-refractivity contribution in [1.29, 1.82) is 0 Å². The van der Waals surface area contributed by atoms with Crippen molar-refractivity contribution < 1.29 is 4.79 Å². The molecule has 1 aromatic carbocycles. The number of amides is 1. The molecule has 0 bridgehead atoms. The van der Waals surface area contributed by atoms with E-state index in [4.69, 9.17) is 12.2 Å². The third kappa shape index (κ3) is 4.91. The van der Waals surface area contributed by atoms with Gasteiger partial charge in [0.15, 0.2) is 10.6 Å². The number of nitrogens with one attached hydrogen (secondary N) is 3. The first kappa shape index (κ1) is 19.0. The Morgan fingerprint density at radius 2 is 2.00 bits per heavy atom. The van der Waals surface area contributed by atoms with Crippen molar-refractivity contribution in [1.82, 2.24) is 30.3 Å². The molecule has 0 aliphatic carbocycles. The van der Waals surface area contributed by atoms with Crippen LogP contribution >= 0.6 is 12.2 Å². The molecule has 2 aromatic heterocycles. The minimum absolute atomic E-state index is 0.0110. The van der Waals surface area contributed by atoms with E-state index in [1.165, 1.54) is 11.1 Å². The lowest BCUT2D eigenvalue weighted by Crippen LogP contribution is -2.25. The number of carbonyl (C=O) groups is 1. The van der Waals surface area contributed by atoms with Gasteiger partial charge in [-0.05, 0) is 44.5 Å². The number of hydrogen-bond acceptors (Lipinski definition) is 4. The summed E-state index contributed by atoms with van der Waals surface area (Å²) in [5.41, 5.74) is 4.43. The van der Waals surface area contributed by atoms with Crippen LogP contribution in [0.25, 0.3) is 11.4 Å². The molecule has 8 heteroatoms. The fraction of sp³-hybridized carbons (Fsp3) is 0.368. The average Bonchev–Trinajstić information content (AvgIpc) is 3.23. The van der Waals surface area contributed by atoms with E-state index in [1.807, 2.05) is 48.9 Å². The molecule has 0 aliphatic heterocycles. The molecule has 0 unspecified atom stereocenters. The summed E-state index contributed by atoms with van der Waals surface area (Å²) in [6, 6.07) is 8.08. The van der Waals surface area contributed by atoms with E-state index in [0.29, 0.717) is 24.3 Å². The van der Waals surface area contributed by atoms with Crippen LogP contribution < -0.4 is 5.32 Å². The number of benzene rings is 1. The topological polar surface area (TPSA) is 91.4 Å². The zero-order valence-corrected chi connectivity index (χ0v) is 16.4. The Bertz CT molecular complexity index is 953. The molecule has 0 spiro atoms. The molecule has 3 N–H and O–H groups in total. The molecule has 0 radical (unpaired) electrons. The van der Waals surface area contributed by atoms with Gasteiger partial charge in [-0.25, -0.2) is 0 Å². The first-order valence-electron chi connectivity index (χ1n) is 9.02. The van der Waals surface area contributed by atoms with Crippen LogP contribution in [0.2, 0.25) is 0 Å². The Morgan fingerprint density at radius 1 is 1.22 bits per heavy atom. The second kappa shape index (κ2) is 8.77. The highest BCUT2D eigenvalue weighted by atomic mass is 32.1. The van der Waals surface area contributed by atoms with E-state index in [1.54, 1.807) is 0 Å². The van der Waals surface area contributed by atoms with Crippen molar-refractivity contribution in [3.8, 4) is 11.4 Å². The summed E-state index contributed by atoms with van der Waals surface area (Å²) in [4.78, 5) is 12.2. The van der Waals surface area contributed by atoms with E-state index in [0.717, 1.165) is 29.9 Å². The van der Waals surface area contributed by atoms with E-state index in [2.05, 4.69) is 25.7 Å². The van der Waals surface area contributed by atoms with E-state index in [9.17, 15) is 4.79 Å². The molecule has 1 amide bonds. The highest BCUT2D eigenvalue weighted by Gasteiger charge is 2.10. The molecular formula is C19H24N6OS. The maximum Gasteiger partial charge on any atom is 0.221 e. The number of hydrogen-bond donors (Lipinski definition) is 3. The Balaban J connectivity index is 1.50. The Labute approximate surface area is 163 Å². The van der Waals surface area contributed by atoms with Crippen LogP contribution in [-0.2, 0) is 17.8 Å². The van der Waals surface area contributed by atoms with Gasteiger partial charge < -0.3 is 5.32 Å². The summed E-state index contributed by atoms with van der Waals surface area (Å²) in [7, 11) is 0. The van der Waals surface area contributed by atoms with Crippen LogP contribution in [-0.4, -0.2) is 37.4 Å². The number of H-pyrrole nitrogens is 2. The predicted molar refractivity (Wildman–Crippen MR) is 107 cm³/mol. The minimum Gasteiger partial charge on any atom is -0.356 e. The molecule has 3 rings (SSSR count). The molecule has 0 aliphatic rings. The smallest absolute Gasteiger partial charge is 0.221 e. The SMILES string of the molecule is Cc1ccc(-c2n[nH]c(=S)n2CCC(=O)NCCCc2cn[nH]c2C)cc1. The van der Waals surface area contributed by atoms with Crippen LogP contribution in [0.5, 0.6) is 0 Å². The minimum atomic E-state index is 0.0110. The maximum absolute atomic E-state index is 12.2. The lowest BCUT2D eigenvalue weighted by Gasteiger charge is -2.08. The van der Waals surface area contributed by atoms with E-state index < -0.39 is 0 Å². The molecule has 0 atom stereocenters. The van der Waals surface area contributed by atoms with Gasteiger partial charge in [-0.3, -0.25) is 19.6 Å². The highest BCUT2D eigenvalue weighted by molar-refractivity contribution is 7.71. The zero-order valence-electron chi connectivity index (χ0n) is 15.6. The molecule has 2 heterocycles. The fourth-order valence-electron chi connectivity index (χ4n) is 2.88. The molecule has 0 saturated carbocycles. The van der Waals surface area contributed by atoms with Gasteiger partial charge in [0.2, 0.25) is 5.91 Å². The Kier molecular flexibility index (Phi) is 6.18. The lowest BCUT2D eigenvalue weighted by molar-refractivity contribution is -0.121. The Hall–Kier alpha value is -2.74. The van der Waals surface area contributed by atoms with Crippen molar-refractivity contribution in [2.75, 3.05) is 6.54 Å². The van der Waals surface area contributed by atoms with Gasteiger partial charge in [-0.2, -0.15) is 10.2 Å². The summed E-state index contributed by atoms with van der Waals surface area (Å²) < 4.78 is 2.39. The maximum atomic E-state index is 12.2. The number of aromatic amines is 2. The van der Waals surface area contributed by atoms with Gasteiger partial charge in [-0.1, -0.05) is 29.8 Å². The number of rotatable bonds is 8. The Morgan fingerprint density at radius 3 is 2.70 bits per heavy atom. The van der Waals surface area contributed by atoms with Crippen molar-refractivity contribution in [3.05, 3.63) is 52.1 Å². The third-order valence-corrected chi connectivity index (χ3v) is 4.82. The molecule has 0 saturated heterocycles. The molecule has 142 valence electrons. The van der Waals surface area contributed by atoms with Gasteiger partial charge in [0.1, 0.15) is 0 Å². The number of aryl methyl sites for hydroxylation is 3. The van der Waals surface area contributed by atoms with Crippen LogP contribution in [0.1, 0.15) is 29.7 Å². The number of nitrogens with zero attached hydrogens (tertiary/aromatic N) is 3. The first-order chi connectivity index (χ1) is 13.0. The lowest BCUT2D eigenvalue weighted by atomic mass is 10.1. The fourth-order valence-corrected chi connectivity index (χ4v) is 3.11. The average molecular weight is 385 g/mol. The zero-order chi connectivity index (χ0) is 19.2. The second-order valence-corrected chi connectivity index (χ2v) is 6.98. The molecule has 7 nitrogen and oxygen atoms in total. The van der Waals surface area contributed by atoms with Crippen LogP contribution in [0.15, 0.2) is 30.5 Å². The number of aromatic nitrogens is 5. The van der Waals surface area contributed by atoms with Crippen LogP contribution in [0.4, 0.5) is 0 Å². The molecule has 27 heavy (non-hydrogen) atoms. The molecule has 3 aromatic rings. The molecule has 0 fully saturated rings. The summed E-state index contributed by atoms with van der Waals surface area (Å²) in [6.07, 6.45) is 3.97. The summed E-state index contributed by atoms with van der Waals surface area (Å²) >= 11 is 5.32. The van der Waals surface area contributed by atoms with Gasteiger partial charge >= 0.3 is 0 Å². The van der Waals surface area contributed by atoms with Crippen molar-refractivity contribution >= 4 is 18.1 Å². The van der Waals surface area contributed by atoms with Gasteiger partial charge in [0, 0.05) is 30.8 Å². The monoisotopic (exact) mass is 384 g/mol. The van der Waals surface area contributed by atoms with Crippen molar-refractivity contribution in [3.63, 3.8) is 0 Å². The van der Waals surface area contributed by atoms with Gasteiger partial charge in [0.25, 0.3) is 0 Å². The van der Waals surface area contributed by atoms with E-state index in [-0.39, 0.29) is 5.91 Å². The third-order valence-electron chi connectivity index (χ3n) is 4.51. The largest absolute Gasteiger partial charge is 0.356 e. The summed E-state index contributed by atoms with van der Waals surface area (Å²) in [6.45, 7) is 5.18. The van der Waals surface area contributed by atoms with Crippen LogP contribution in [0.3, 0.4) is 0 Å². The summed E-state index contributed by atoms with van der Waals surface area (Å²) in [5.74, 6) is 0.764. The van der Waals surface area contributed by atoms with Gasteiger partial charge in [0.05, 0.1) is 6.20 Å². The predicted octanol–water partition coefficient (Wildman–Crippen LogP) is 3.09. The van der Waals surface area contributed by atoms with E-state index >= 15 is 0 Å². The summed E-state index contributed by atoms with van der Waals surface area (Å²) in [5, 5.41) is 17.0. The molecular weight excluding hydrogens is 360 g/mol.